The van der Waals surface area contributed by atoms with E-state index in [0.717, 1.165) is 79.5 Å². The summed E-state index contributed by atoms with van der Waals surface area (Å²) in [5, 5.41) is 0. The molecule has 0 aliphatic heterocycles. The van der Waals surface area contributed by atoms with E-state index >= 15 is 0 Å². The van der Waals surface area contributed by atoms with Crippen molar-refractivity contribution in [3.8, 4) is 68.3 Å². The van der Waals surface area contributed by atoms with Gasteiger partial charge in [-0.05, 0) is 181 Å². The molecule has 0 radical (unpaired) electrons. The standard InChI is InChI=1S/C32H26N4.4C10H8N2.2Ru/c1-23-19-28(14-10-26-12-16-32(36-22-26)30-8-4-6-18-34-30)24(2)20-27(23)13-9-25-11-15-31(35-21-25)29-7-3-5-17-33-29;4*1-3-7-11-9(5-1)10-6-2-4-8-12-10;;/h3-22H,1-2H3;4*1-8H;;/b13-9+,14-10+;;;;;;. The Kier molecular flexibility index (Phi) is 25.8. The third-order valence-electron chi connectivity index (χ3n) is 12.4. The third kappa shape index (κ3) is 20.0. The van der Waals surface area contributed by atoms with Crippen molar-refractivity contribution in [2.75, 3.05) is 0 Å². The van der Waals surface area contributed by atoms with Gasteiger partial charge < -0.3 is 0 Å². The first kappa shape index (κ1) is 63.3. The summed E-state index contributed by atoms with van der Waals surface area (Å²) < 4.78 is 0. The van der Waals surface area contributed by atoms with Crippen LogP contribution in [0, 0.1) is 13.8 Å². The zero-order valence-corrected chi connectivity index (χ0v) is 50.6. The Morgan fingerprint density at radius 1 is 0.209 bits per heavy atom. The predicted octanol–water partition coefficient (Wildman–Crippen LogP) is 16.1. The molecule has 86 heavy (non-hydrogen) atoms. The molecule has 0 saturated carbocycles. The molecule has 0 fully saturated rings. The molecule has 12 heterocycles. The van der Waals surface area contributed by atoms with E-state index in [1.165, 1.54) is 22.3 Å². The average Bonchev–Trinajstić information content (AvgIpc) is 3.78. The first-order chi connectivity index (χ1) is 41.5. The molecule has 13 aromatic rings. The van der Waals surface area contributed by atoms with Gasteiger partial charge >= 0.3 is 0 Å². The number of hydrogen-bond donors (Lipinski definition) is 0. The molecular weight excluding hydrogens is 1240 g/mol. The fourth-order valence-electron chi connectivity index (χ4n) is 8.05. The minimum absolute atomic E-state index is 0. The molecule has 0 spiro atoms. The minimum atomic E-state index is 0. The van der Waals surface area contributed by atoms with Crippen LogP contribution in [0.2, 0.25) is 0 Å². The van der Waals surface area contributed by atoms with Crippen molar-refractivity contribution >= 4 is 24.3 Å². The second-order valence-electron chi connectivity index (χ2n) is 18.3. The average molecular weight is 1290 g/mol. The quantitative estimate of drug-likeness (QED) is 0.120. The fourth-order valence-corrected chi connectivity index (χ4v) is 8.05. The third-order valence-corrected chi connectivity index (χ3v) is 12.4. The zero-order chi connectivity index (χ0) is 57.6. The van der Waals surface area contributed by atoms with E-state index in [9.17, 15) is 0 Å². The topological polar surface area (TPSA) is 155 Å². The van der Waals surface area contributed by atoms with E-state index in [1.54, 1.807) is 62.0 Å². The van der Waals surface area contributed by atoms with Gasteiger partial charge in [0.25, 0.3) is 0 Å². The zero-order valence-electron chi connectivity index (χ0n) is 47.1. The Bertz CT molecular complexity index is 3450. The van der Waals surface area contributed by atoms with E-state index in [0.29, 0.717) is 0 Å². The van der Waals surface area contributed by atoms with Gasteiger partial charge in [0.15, 0.2) is 0 Å². The summed E-state index contributed by atoms with van der Waals surface area (Å²) in [5.41, 5.74) is 17.8. The van der Waals surface area contributed by atoms with Crippen molar-refractivity contribution in [3.05, 3.63) is 326 Å². The van der Waals surface area contributed by atoms with Crippen LogP contribution < -0.4 is 0 Å². The molecule has 0 unspecified atom stereocenters. The van der Waals surface area contributed by atoms with Crippen LogP contribution in [0.1, 0.15) is 33.4 Å². The Morgan fingerprint density at radius 3 is 0.547 bits per heavy atom. The Hall–Kier alpha value is -10.3. The van der Waals surface area contributed by atoms with Crippen LogP contribution in [0.4, 0.5) is 0 Å². The van der Waals surface area contributed by atoms with Gasteiger partial charge in [-0.2, -0.15) is 0 Å². The molecule has 0 N–H and O–H groups in total. The van der Waals surface area contributed by atoms with E-state index in [4.69, 9.17) is 0 Å². The maximum Gasteiger partial charge on any atom is 0.0886 e. The number of nitrogens with zero attached hydrogens (tertiary/aromatic N) is 12. The molecule has 422 valence electrons. The van der Waals surface area contributed by atoms with Crippen LogP contribution in [0.3, 0.4) is 0 Å². The van der Waals surface area contributed by atoms with Crippen LogP contribution >= 0.6 is 0 Å². The minimum Gasteiger partial charge on any atom is -0.255 e. The van der Waals surface area contributed by atoms with Crippen LogP contribution in [0.15, 0.2) is 293 Å². The molecule has 14 heteroatoms. The normalized spacial score (nSPS) is 10.2. The van der Waals surface area contributed by atoms with Gasteiger partial charge in [-0.15, -0.1) is 0 Å². The number of hydrogen-bond acceptors (Lipinski definition) is 12. The molecular formula is C72H58N12Ru2. The fraction of sp³-hybridized carbons (Fsp3) is 0.0278. The van der Waals surface area contributed by atoms with Crippen molar-refractivity contribution in [2.45, 2.75) is 13.8 Å². The maximum atomic E-state index is 4.56. The molecule has 0 atom stereocenters. The van der Waals surface area contributed by atoms with Crippen LogP contribution in [0.25, 0.3) is 92.6 Å². The molecule has 0 saturated heterocycles. The largest absolute Gasteiger partial charge is 0.255 e. The molecule has 12 nitrogen and oxygen atoms in total. The molecule has 1 aromatic carbocycles. The molecule has 0 aliphatic rings. The van der Waals surface area contributed by atoms with Gasteiger partial charge in [0, 0.05) is 113 Å². The smallest absolute Gasteiger partial charge is 0.0886 e. The summed E-state index contributed by atoms with van der Waals surface area (Å²) in [5.74, 6) is 0. The summed E-state index contributed by atoms with van der Waals surface area (Å²) in [6, 6.07) is 70.7. The number of benzene rings is 1. The maximum absolute atomic E-state index is 4.56. The van der Waals surface area contributed by atoms with Crippen molar-refractivity contribution in [1.82, 2.24) is 59.8 Å². The molecule has 0 aliphatic carbocycles. The van der Waals surface area contributed by atoms with Gasteiger partial charge in [-0.1, -0.05) is 109 Å². The summed E-state index contributed by atoms with van der Waals surface area (Å²) in [6.07, 6.45) is 30.0. The van der Waals surface area contributed by atoms with Crippen LogP contribution in [0.5, 0.6) is 0 Å². The number of aryl methyl sites for hydroxylation is 2. The van der Waals surface area contributed by atoms with Gasteiger partial charge in [-0.25, -0.2) is 0 Å². The SMILES string of the molecule is Cc1cc(/C=C/c2ccc(-c3ccccn3)nc2)c(C)cc1/C=C/c1ccc(-c2ccccn2)nc1.[Ru].[Ru].c1ccc(-c2ccccn2)nc1.c1ccc(-c2ccccn2)nc1.c1ccc(-c2ccccn2)nc1.c1ccc(-c2ccccn2)nc1. The van der Waals surface area contributed by atoms with E-state index in [2.05, 4.69) is 122 Å². The summed E-state index contributed by atoms with van der Waals surface area (Å²) in [6.45, 7) is 4.28. The first-order valence-electron chi connectivity index (χ1n) is 27.0. The van der Waals surface area contributed by atoms with Crippen molar-refractivity contribution in [1.29, 1.82) is 0 Å². The van der Waals surface area contributed by atoms with E-state index in [-0.39, 0.29) is 39.0 Å². The summed E-state index contributed by atoms with van der Waals surface area (Å²) in [4.78, 5) is 51.3. The van der Waals surface area contributed by atoms with Gasteiger partial charge in [-0.3, -0.25) is 59.8 Å². The molecule has 13 rings (SSSR count). The Balaban J connectivity index is 0.000000173. The monoisotopic (exact) mass is 1290 g/mol. The number of rotatable bonds is 10. The second-order valence-corrected chi connectivity index (χ2v) is 18.3. The van der Waals surface area contributed by atoms with Crippen molar-refractivity contribution < 1.29 is 39.0 Å². The molecule has 12 aromatic heterocycles. The summed E-state index contributed by atoms with van der Waals surface area (Å²) in [7, 11) is 0. The van der Waals surface area contributed by atoms with Crippen molar-refractivity contribution in [2.24, 2.45) is 0 Å². The van der Waals surface area contributed by atoms with Crippen molar-refractivity contribution in [3.63, 3.8) is 0 Å². The van der Waals surface area contributed by atoms with Crippen LogP contribution in [-0.2, 0) is 39.0 Å². The van der Waals surface area contributed by atoms with Gasteiger partial charge in [0.1, 0.15) is 0 Å². The van der Waals surface area contributed by atoms with E-state index < -0.39 is 0 Å². The number of pyridine rings is 12. The first-order valence-corrected chi connectivity index (χ1v) is 27.0. The predicted molar refractivity (Wildman–Crippen MR) is 339 cm³/mol. The molecule has 0 amide bonds. The van der Waals surface area contributed by atoms with Gasteiger partial charge in [0.2, 0.25) is 0 Å². The summed E-state index contributed by atoms with van der Waals surface area (Å²) >= 11 is 0. The Morgan fingerprint density at radius 2 is 0.395 bits per heavy atom. The van der Waals surface area contributed by atoms with E-state index in [1.807, 2.05) is 207 Å². The molecule has 0 bridgehead atoms. The van der Waals surface area contributed by atoms with Gasteiger partial charge in [0.05, 0.1) is 68.3 Å². The second kappa shape index (κ2) is 35.0. The van der Waals surface area contributed by atoms with Crippen LogP contribution in [-0.4, -0.2) is 59.8 Å². The Labute approximate surface area is 527 Å². The number of aromatic nitrogens is 12.